The van der Waals surface area contributed by atoms with Crippen LogP contribution in [0.5, 0.6) is 11.5 Å². The van der Waals surface area contributed by atoms with Gasteiger partial charge in [-0.15, -0.1) is 0 Å². The summed E-state index contributed by atoms with van der Waals surface area (Å²) in [7, 11) is 1.59. The highest BCUT2D eigenvalue weighted by Crippen LogP contribution is 2.26. The number of aryl methyl sites for hydroxylation is 1. The van der Waals surface area contributed by atoms with Gasteiger partial charge in [0.2, 0.25) is 11.7 Å². The average Bonchev–Trinajstić information content (AvgIpc) is 3.16. The third kappa shape index (κ3) is 5.07. The number of aromatic nitrogens is 2. The van der Waals surface area contributed by atoms with Gasteiger partial charge >= 0.3 is 0 Å². The molecule has 3 rings (SSSR count). The Morgan fingerprint density at radius 1 is 1.15 bits per heavy atom. The van der Waals surface area contributed by atoms with E-state index in [0.29, 0.717) is 36.2 Å². The van der Waals surface area contributed by atoms with Crippen molar-refractivity contribution in [2.75, 3.05) is 20.3 Å². The molecule has 0 aliphatic heterocycles. The van der Waals surface area contributed by atoms with Crippen LogP contribution in [-0.4, -0.2) is 36.3 Å². The quantitative estimate of drug-likeness (QED) is 0.659. The third-order valence-electron chi connectivity index (χ3n) is 3.87. The molecule has 0 saturated carbocycles. The maximum Gasteiger partial charge on any atom is 0.257 e. The van der Waals surface area contributed by atoms with E-state index < -0.39 is 0 Å². The van der Waals surface area contributed by atoms with Crippen LogP contribution in [0.15, 0.2) is 53.1 Å². The Hall–Kier alpha value is -3.35. The number of para-hydroxylation sites is 1. The Kier molecular flexibility index (Phi) is 6.04. The number of hydrogen-bond donors (Lipinski definition) is 1. The molecular weight excluding hydrogens is 346 g/mol. The standard InChI is InChI=1S/C20H21N3O4/c1-14-7-9-15(10-8-14)26-13-18(24)21-12-11-19-22-20(23-27-19)16-5-3-4-6-17(16)25-2/h3-10H,11-13H2,1-2H3,(H,21,24). The van der Waals surface area contributed by atoms with Gasteiger partial charge in [-0.1, -0.05) is 35.0 Å². The molecule has 7 nitrogen and oxygen atoms in total. The summed E-state index contributed by atoms with van der Waals surface area (Å²) in [6.07, 6.45) is 0.429. The zero-order chi connectivity index (χ0) is 19.1. The number of methoxy groups -OCH3 is 1. The van der Waals surface area contributed by atoms with Crippen molar-refractivity contribution in [3.63, 3.8) is 0 Å². The first-order valence-corrected chi connectivity index (χ1v) is 8.58. The zero-order valence-corrected chi connectivity index (χ0v) is 15.3. The van der Waals surface area contributed by atoms with Crippen LogP contribution >= 0.6 is 0 Å². The van der Waals surface area contributed by atoms with Crippen LogP contribution in [0, 0.1) is 6.92 Å². The van der Waals surface area contributed by atoms with Crippen molar-refractivity contribution < 1.29 is 18.8 Å². The van der Waals surface area contributed by atoms with Gasteiger partial charge in [0.1, 0.15) is 11.5 Å². The SMILES string of the molecule is COc1ccccc1-c1noc(CCNC(=O)COc2ccc(C)cc2)n1. The van der Waals surface area contributed by atoms with Gasteiger partial charge < -0.3 is 19.3 Å². The van der Waals surface area contributed by atoms with Crippen molar-refractivity contribution in [2.45, 2.75) is 13.3 Å². The van der Waals surface area contributed by atoms with Crippen LogP contribution in [-0.2, 0) is 11.2 Å². The lowest BCUT2D eigenvalue weighted by Crippen LogP contribution is -2.30. The number of benzene rings is 2. The molecule has 0 fully saturated rings. The summed E-state index contributed by atoms with van der Waals surface area (Å²) in [5, 5.41) is 6.74. The van der Waals surface area contributed by atoms with E-state index in [9.17, 15) is 4.79 Å². The maximum atomic E-state index is 11.9. The Balaban J connectivity index is 1.46. The fourth-order valence-electron chi connectivity index (χ4n) is 2.44. The van der Waals surface area contributed by atoms with Crippen molar-refractivity contribution in [3.8, 4) is 22.9 Å². The van der Waals surface area contributed by atoms with Crippen molar-refractivity contribution in [3.05, 3.63) is 60.0 Å². The summed E-state index contributed by atoms with van der Waals surface area (Å²) < 4.78 is 16.0. The second kappa shape index (κ2) is 8.84. The molecule has 0 aliphatic rings. The third-order valence-corrected chi connectivity index (χ3v) is 3.87. The lowest BCUT2D eigenvalue weighted by Gasteiger charge is -2.06. The number of rotatable bonds is 8. The van der Waals surface area contributed by atoms with E-state index in [4.69, 9.17) is 14.0 Å². The second-order valence-corrected chi connectivity index (χ2v) is 5.91. The van der Waals surface area contributed by atoms with Crippen LogP contribution < -0.4 is 14.8 Å². The molecule has 0 radical (unpaired) electrons. The average molecular weight is 367 g/mol. The molecule has 140 valence electrons. The smallest absolute Gasteiger partial charge is 0.257 e. The maximum absolute atomic E-state index is 11.9. The summed E-state index contributed by atoms with van der Waals surface area (Å²) in [6.45, 7) is 2.33. The van der Waals surface area contributed by atoms with E-state index in [1.54, 1.807) is 7.11 Å². The van der Waals surface area contributed by atoms with Crippen molar-refractivity contribution >= 4 is 5.91 Å². The summed E-state index contributed by atoms with van der Waals surface area (Å²) in [6, 6.07) is 15.0. The number of hydrogen-bond acceptors (Lipinski definition) is 6. The fraction of sp³-hybridized carbons (Fsp3) is 0.250. The van der Waals surface area contributed by atoms with E-state index in [-0.39, 0.29) is 12.5 Å². The van der Waals surface area contributed by atoms with E-state index in [1.165, 1.54) is 0 Å². The molecule has 1 amide bonds. The number of carbonyl (C=O) groups is 1. The minimum Gasteiger partial charge on any atom is -0.496 e. The highest BCUT2D eigenvalue weighted by atomic mass is 16.5. The molecule has 27 heavy (non-hydrogen) atoms. The van der Waals surface area contributed by atoms with Crippen molar-refractivity contribution in [2.24, 2.45) is 0 Å². The normalized spacial score (nSPS) is 10.4. The fourth-order valence-corrected chi connectivity index (χ4v) is 2.44. The molecule has 0 bridgehead atoms. The molecule has 0 spiro atoms. The largest absolute Gasteiger partial charge is 0.496 e. The van der Waals surface area contributed by atoms with Gasteiger partial charge in [-0.25, -0.2) is 0 Å². The first-order chi connectivity index (χ1) is 13.2. The Bertz CT molecular complexity index is 890. The lowest BCUT2D eigenvalue weighted by molar-refractivity contribution is -0.123. The Labute approximate surface area is 157 Å². The van der Waals surface area contributed by atoms with Gasteiger partial charge in [0.15, 0.2) is 6.61 Å². The minimum absolute atomic E-state index is 0.0423. The second-order valence-electron chi connectivity index (χ2n) is 5.91. The lowest BCUT2D eigenvalue weighted by atomic mass is 10.2. The molecule has 3 aromatic rings. The van der Waals surface area contributed by atoms with Crippen LogP contribution in [0.3, 0.4) is 0 Å². The molecule has 0 unspecified atom stereocenters. The minimum atomic E-state index is -0.208. The number of nitrogens with one attached hydrogen (secondary N) is 1. The zero-order valence-electron chi connectivity index (χ0n) is 15.3. The molecule has 0 atom stereocenters. The topological polar surface area (TPSA) is 86.5 Å². The van der Waals surface area contributed by atoms with Gasteiger partial charge in [-0.2, -0.15) is 4.98 Å². The van der Waals surface area contributed by atoms with Gasteiger partial charge in [-0.05, 0) is 31.2 Å². The molecule has 1 aromatic heterocycles. The molecule has 0 saturated heterocycles. The number of ether oxygens (including phenoxy) is 2. The van der Waals surface area contributed by atoms with Crippen LogP contribution in [0.4, 0.5) is 0 Å². The number of carbonyl (C=O) groups excluding carboxylic acids is 1. The van der Waals surface area contributed by atoms with Gasteiger partial charge in [0.05, 0.1) is 12.7 Å². The molecule has 0 aliphatic carbocycles. The van der Waals surface area contributed by atoms with Crippen LogP contribution in [0.25, 0.3) is 11.4 Å². The molecule has 1 heterocycles. The van der Waals surface area contributed by atoms with E-state index >= 15 is 0 Å². The van der Waals surface area contributed by atoms with Crippen molar-refractivity contribution in [1.82, 2.24) is 15.5 Å². The predicted molar refractivity (Wildman–Crippen MR) is 99.7 cm³/mol. The van der Waals surface area contributed by atoms with Crippen molar-refractivity contribution in [1.29, 1.82) is 0 Å². The van der Waals surface area contributed by atoms with Gasteiger partial charge in [0.25, 0.3) is 5.91 Å². The molecule has 1 N–H and O–H groups in total. The number of amides is 1. The monoisotopic (exact) mass is 367 g/mol. The van der Waals surface area contributed by atoms with E-state index in [2.05, 4.69) is 15.5 Å². The van der Waals surface area contributed by atoms with Crippen LogP contribution in [0.1, 0.15) is 11.5 Å². The highest BCUT2D eigenvalue weighted by Gasteiger charge is 2.13. The van der Waals surface area contributed by atoms with E-state index in [0.717, 1.165) is 11.1 Å². The van der Waals surface area contributed by atoms with Gasteiger partial charge in [-0.3, -0.25) is 4.79 Å². The summed E-state index contributed by atoms with van der Waals surface area (Å²) in [5.41, 5.74) is 1.89. The summed E-state index contributed by atoms with van der Waals surface area (Å²) in [4.78, 5) is 16.2. The first-order valence-electron chi connectivity index (χ1n) is 8.58. The first kappa shape index (κ1) is 18.4. The predicted octanol–water partition coefficient (Wildman–Crippen LogP) is 2.79. The Morgan fingerprint density at radius 3 is 2.70 bits per heavy atom. The molecule has 7 heteroatoms. The highest BCUT2D eigenvalue weighted by molar-refractivity contribution is 5.77. The van der Waals surface area contributed by atoms with Crippen LogP contribution in [0.2, 0.25) is 0 Å². The number of nitrogens with zero attached hydrogens (tertiary/aromatic N) is 2. The summed E-state index contributed by atoms with van der Waals surface area (Å²) >= 11 is 0. The molecular formula is C20H21N3O4. The Morgan fingerprint density at radius 2 is 1.93 bits per heavy atom. The van der Waals surface area contributed by atoms with E-state index in [1.807, 2.05) is 55.5 Å². The summed E-state index contributed by atoms with van der Waals surface area (Å²) in [5.74, 6) is 2.02. The molecule has 2 aromatic carbocycles. The van der Waals surface area contributed by atoms with Gasteiger partial charge in [0, 0.05) is 13.0 Å².